The number of carbonyl (C=O) groups is 2. The number of aliphatic hydroxyl groups excluding tert-OH is 5. The number of hydrogen-bond acceptors (Lipinski definition) is 12. The van der Waals surface area contributed by atoms with Crippen molar-refractivity contribution in [2.45, 2.75) is 107 Å². The molecule has 0 radical (unpaired) electrons. The topological polar surface area (TPSA) is 199 Å². The number of aromatic hydroxyl groups is 1. The number of fused-ring (bicyclic) bond motifs is 6. The molecule has 3 aromatic rings. The van der Waals surface area contributed by atoms with Gasteiger partial charge in [0.05, 0.1) is 23.3 Å². The van der Waals surface area contributed by atoms with Crippen LogP contribution in [-0.2, 0) is 4.74 Å². The van der Waals surface area contributed by atoms with Crippen molar-refractivity contribution in [1.82, 2.24) is 4.98 Å². The van der Waals surface area contributed by atoms with Crippen LogP contribution in [-0.4, -0.2) is 95.6 Å². The number of nitrogens with one attached hydrogen (secondary N) is 1. The number of hydrogen-bond donors (Lipinski definition) is 7. The summed E-state index contributed by atoms with van der Waals surface area (Å²) in [6, 6.07) is 6.03. The van der Waals surface area contributed by atoms with Gasteiger partial charge in [-0.15, -0.1) is 0 Å². The number of nitrogens with zero attached hydrogens (tertiary/aromatic N) is 1. The molecule has 6 bridgehead atoms. The van der Waals surface area contributed by atoms with Gasteiger partial charge in [0.2, 0.25) is 5.78 Å². The number of benzene rings is 2. The highest BCUT2D eigenvalue weighted by molar-refractivity contribution is 6.34. The van der Waals surface area contributed by atoms with Crippen molar-refractivity contribution in [3.05, 3.63) is 81.6 Å². The monoisotopic (exact) mass is 722 g/mol. The molecule has 8 aliphatic rings. The van der Waals surface area contributed by atoms with Crippen molar-refractivity contribution < 1.29 is 49.7 Å². The predicted molar refractivity (Wildman–Crippen MR) is 190 cm³/mol. The first-order valence-electron chi connectivity index (χ1n) is 18.7. The van der Waals surface area contributed by atoms with Gasteiger partial charge in [-0.2, -0.15) is 0 Å². The highest BCUT2D eigenvalue weighted by Crippen LogP contribution is 2.67. The molecular formula is C41H42N2O10. The lowest BCUT2D eigenvalue weighted by Gasteiger charge is -2.62. The number of aromatic nitrogens is 1. The van der Waals surface area contributed by atoms with E-state index in [-0.39, 0.29) is 52.1 Å². The van der Waals surface area contributed by atoms with Crippen molar-refractivity contribution in [2.24, 2.45) is 10.8 Å². The maximum atomic E-state index is 14.5. The maximum absolute atomic E-state index is 14.5. The molecule has 11 rings (SSSR count). The molecule has 1 saturated heterocycles. The Bertz CT molecular complexity index is 2230. The van der Waals surface area contributed by atoms with Gasteiger partial charge in [-0.1, -0.05) is 24.5 Å². The summed E-state index contributed by atoms with van der Waals surface area (Å²) in [6.07, 6.45) is 3.78. The summed E-state index contributed by atoms with van der Waals surface area (Å²) in [5.74, 6) is -3.78. The van der Waals surface area contributed by atoms with Crippen LogP contribution >= 0.6 is 0 Å². The second kappa shape index (κ2) is 11.0. The number of anilines is 1. The normalized spacial score (nSPS) is 36.5. The van der Waals surface area contributed by atoms with Gasteiger partial charge in [-0.05, 0) is 104 Å². The average Bonchev–Trinajstić information content (AvgIpc) is 3.75. The molecule has 5 heterocycles. The average molecular weight is 723 g/mol. The molecule has 12 nitrogen and oxygen atoms in total. The summed E-state index contributed by atoms with van der Waals surface area (Å²) in [5.41, 5.74) is -1.32. The van der Waals surface area contributed by atoms with Gasteiger partial charge in [0.1, 0.15) is 29.5 Å². The number of aliphatic hydroxyl groups is 5. The molecule has 4 aliphatic heterocycles. The van der Waals surface area contributed by atoms with Crippen LogP contribution in [0.3, 0.4) is 0 Å². The Morgan fingerprint density at radius 3 is 2.49 bits per heavy atom. The Balaban J connectivity index is 1.22. The van der Waals surface area contributed by atoms with Gasteiger partial charge in [-0.25, -0.2) is 4.98 Å². The van der Waals surface area contributed by atoms with Gasteiger partial charge in [0.15, 0.2) is 17.5 Å². The summed E-state index contributed by atoms with van der Waals surface area (Å²) in [6.45, 7) is 1.75. The minimum atomic E-state index is -2.27. The summed E-state index contributed by atoms with van der Waals surface area (Å²) in [4.78, 5) is 33.5. The van der Waals surface area contributed by atoms with E-state index in [0.717, 1.165) is 37.7 Å². The van der Waals surface area contributed by atoms with Crippen LogP contribution in [0, 0.1) is 17.8 Å². The second-order valence-electron chi connectivity index (χ2n) is 16.8. The van der Waals surface area contributed by atoms with E-state index < -0.39 is 58.9 Å². The number of pyridine rings is 1. The van der Waals surface area contributed by atoms with E-state index in [1.165, 1.54) is 24.4 Å². The molecule has 2 aromatic carbocycles. The lowest BCUT2D eigenvalue weighted by atomic mass is 9.56. The molecule has 1 aromatic heterocycles. The van der Waals surface area contributed by atoms with E-state index in [0.29, 0.717) is 47.0 Å². The van der Waals surface area contributed by atoms with E-state index in [1.54, 1.807) is 25.1 Å². The SMILES string of the molecule is Cc1cc(O)c2c(c1)C(=O)c1c(c3cc4c(nccc14)NCC(O)CC1=C4C=CC5(O3)OC4(C(O)C(O)C5O)C(O)C3(CCC4(CCCC4)C3)C1)C2=O. The summed E-state index contributed by atoms with van der Waals surface area (Å²) in [5, 5.41) is 75.0. The van der Waals surface area contributed by atoms with E-state index in [1.807, 2.05) is 0 Å². The standard InChI is InChI=1S/C41H42N2O10/c1-19-12-24-28(26(45)13-19)32(47)30-27-15-23-22(29(30)31(24)46)5-11-42-36(23)43-17-21(44)14-20-16-39(10-9-38(18-39)6-2-3-7-38)37(51)41-25(20)4-8-40(52-27,53-41)34(49)33(48)35(41)50/h4-5,8,11-13,15,21,33-35,37,44-45,48-51H,2-3,6-7,9-10,14,16-18H2,1H3,(H,42,43). The third kappa shape index (κ3) is 4.30. The van der Waals surface area contributed by atoms with Gasteiger partial charge < -0.3 is 45.4 Å². The summed E-state index contributed by atoms with van der Waals surface area (Å²) < 4.78 is 13.5. The Morgan fingerprint density at radius 2 is 1.70 bits per heavy atom. The van der Waals surface area contributed by atoms with Gasteiger partial charge >= 0.3 is 0 Å². The van der Waals surface area contributed by atoms with E-state index in [9.17, 15) is 40.2 Å². The number of rotatable bonds is 0. The van der Waals surface area contributed by atoms with Crippen LogP contribution in [0.2, 0.25) is 0 Å². The lowest BCUT2D eigenvalue weighted by molar-refractivity contribution is -0.367. The molecule has 2 saturated carbocycles. The van der Waals surface area contributed by atoms with Gasteiger partial charge in [0, 0.05) is 34.7 Å². The molecule has 8 unspecified atom stereocenters. The van der Waals surface area contributed by atoms with Crippen LogP contribution in [0.4, 0.5) is 5.82 Å². The molecule has 12 heteroatoms. The Labute approximate surface area is 304 Å². The number of phenols is 1. The highest BCUT2D eigenvalue weighted by atomic mass is 16.7. The third-order valence-corrected chi connectivity index (χ3v) is 13.7. The number of phenolic OH excluding ortho intramolecular Hbond substituents is 1. The largest absolute Gasteiger partial charge is 0.507 e. The van der Waals surface area contributed by atoms with Crippen LogP contribution in [0.15, 0.2) is 53.8 Å². The molecule has 7 N–H and O–H groups in total. The van der Waals surface area contributed by atoms with Crippen LogP contribution in [0.5, 0.6) is 11.5 Å². The minimum absolute atomic E-state index is 0.0118. The second-order valence-corrected chi connectivity index (χ2v) is 16.8. The Hall–Kier alpha value is -4.17. The molecule has 3 fully saturated rings. The van der Waals surface area contributed by atoms with Gasteiger partial charge in [-0.3, -0.25) is 9.59 Å². The van der Waals surface area contributed by atoms with Crippen molar-refractivity contribution in [3.8, 4) is 11.5 Å². The van der Waals surface area contributed by atoms with Crippen molar-refractivity contribution in [2.75, 3.05) is 11.9 Å². The summed E-state index contributed by atoms with van der Waals surface area (Å²) in [7, 11) is 0. The number of ketones is 2. The fraction of sp³-hybridized carbons (Fsp3) is 0.488. The molecule has 8 atom stereocenters. The zero-order valence-electron chi connectivity index (χ0n) is 29.3. The molecule has 276 valence electrons. The lowest BCUT2D eigenvalue weighted by Crippen LogP contribution is -2.78. The number of ether oxygens (including phenoxy) is 2. The zero-order valence-corrected chi connectivity index (χ0v) is 29.3. The zero-order chi connectivity index (χ0) is 36.8. The first-order valence-corrected chi connectivity index (χ1v) is 18.7. The minimum Gasteiger partial charge on any atom is -0.507 e. The fourth-order valence-electron chi connectivity index (χ4n) is 11.4. The first-order chi connectivity index (χ1) is 25.3. The van der Waals surface area contributed by atoms with E-state index in [4.69, 9.17) is 9.47 Å². The summed E-state index contributed by atoms with van der Waals surface area (Å²) >= 11 is 0. The number of aryl methyl sites for hydroxylation is 1. The Morgan fingerprint density at radius 1 is 0.906 bits per heavy atom. The molecule has 4 aliphatic carbocycles. The fourth-order valence-corrected chi connectivity index (χ4v) is 11.4. The maximum Gasteiger partial charge on any atom is 0.260 e. The highest BCUT2D eigenvalue weighted by Gasteiger charge is 2.72. The Kier molecular flexibility index (Phi) is 6.91. The predicted octanol–water partition coefficient (Wildman–Crippen LogP) is 3.49. The van der Waals surface area contributed by atoms with Crippen molar-refractivity contribution in [1.29, 1.82) is 0 Å². The first kappa shape index (κ1) is 33.4. The van der Waals surface area contributed by atoms with Crippen molar-refractivity contribution in [3.63, 3.8) is 0 Å². The van der Waals surface area contributed by atoms with E-state index in [2.05, 4.69) is 10.3 Å². The quantitative estimate of drug-likeness (QED) is 0.140. The van der Waals surface area contributed by atoms with Gasteiger partial charge in [0.25, 0.3) is 5.79 Å². The molecule has 53 heavy (non-hydrogen) atoms. The van der Waals surface area contributed by atoms with Crippen LogP contribution in [0.25, 0.3) is 10.8 Å². The van der Waals surface area contributed by atoms with Crippen LogP contribution < -0.4 is 10.1 Å². The molecular weight excluding hydrogens is 680 g/mol. The molecule has 0 amide bonds. The van der Waals surface area contributed by atoms with Crippen LogP contribution in [0.1, 0.15) is 95.2 Å². The van der Waals surface area contributed by atoms with E-state index >= 15 is 0 Å². The number of carbonyl (C=O) groups excluding carboxylic acids is 2. The van der Waals surface area contributed by atoms with Crippen molar-refractivity contribution >= 4 is 28.2 Å². The third-order valence-electron chi connectivity index (χ3n) is 13.7. The molecule has 4 spiro atoms. The smallest absolute Gasteiger partial charge is 0.260 e.